The molecule has 1 aliphatic rings. The number of hydrogen-bond donors (Lipinski definition) is 4. The van der Waals surface area contributed by atoms with Gasteiger partial charge in [0.25, 0.3) is 0 Å². The van der Waals surface area contributed by atoms with E-state index < -0.39 is 11.7 Å². The summed E-state index contributed by atoms with van der Waals surface area (Å²) < 4.78 is 5.25. The Balaban J connectivity index is 1.65. The Hall–Kier alpha value is -2.68. The molecule has 0 fully saturated rings. The molecule has 0 radical (unpaired) electrons. The number of fused-ring (bicyclic) bond motifs is 1. The van der Waals surface area contributed by atoms with Crippen LogP contribution in [0.15, 0.2) is 29.2 Å². The van der Waals surface area contributed by atoms with E-state index in [1.807, 2.05) is 12.1 Å². The van der Waals surface area contributed by atoms with Crippen LogP contribution in [-0.4, -0.2) is 33.2 Å². The van der Waals surface area contributed by atoms with E-state index in [1.54, 1.807) is 32.9 Å². The van der Waals surface area contributed by atoms with E-state index in [-0.39, 0.29) is 11.3 Å². The third-order valence-corrected chi connectivity index (χ3v) is 4.52. The lowest BCUT2D eigenvalue weighted by Gasteiger charge is -2.19. The van der Waals surface area contributed by atoms with E-state index in [4.69, 9.17) is 4.74 Å². The average Bonchev–Trinajstić information content (AvgIpc) is 3.07. The van der Waals surface area contributed by atoms with E-state index in [1.165, 1.54) is 18.7 Å². The molecule has 0 bridgehead atoms. The first-order chi connectivity index (χ1) is 12.2. The predicted molar refractivity (Wildman–Crippen MR) is 102 cm³/mol. The zero-order valence-corrected chi connectivity index (χ0v) is 15.8. The van der Waals surface area contributed by atoms with Gasteiger partial charge in [0.1, 0.15) is 11.4 Å². The lowest BCUT2D eigenvalue weighted by molar-refractivity contribution is 0.0634. The van der Waals surface area contributed by atoms with Crippen molar-refractivity contribution in [2.45, 2.75) is 43.7 Å². The van der Waals surface area contributed by atoms with Crippen LogP contribution in [0, 0.1) is 0 Å². The fourth-order valence-electron chi connectivity index (χ4n) is 2.35. The number of aromatic amines is 1. The van der Waals surface area contributed by atoms with Crippen molar-refractivity contribution < 1.29 is 14.3 Å². The third-order valence-electron chi connectivity index (χ3n) is 3.42. The molecular formula is C17H21N5O3S. The Bertz CT molecular complexity index is 843. The monoisotopic (exact) mass is 375 g/mol. The highest BCUT2D eigenvalue weighted by Crippen LogP contribution is 2.42. The summed E-state index contributed by atoms with van der Waals surface area (Å²) in [6, 6.07) is 7.29. The van der Waals surface area contributed by atoms with Gasteiger partial charge in [-0.2, -0.15) is 5.10 Å². The summed E-state index contributed by atoms with van der Waals surface area (Å²) in [5, 5.41) is 16.1. The highest BCUT2D eigenvalue weighted by Gasteiger charge is 2.29. The Morgan fingerprint density at radius 3 is 2.77 bits per heavy atom. The second-order valence-corrected chi connectivity index (χ2v) is 7.94. The minimum Gasteiger partial charge on any atom is -0.444 e. The number of nitrogens with one attached hydrogen (secondary N) is 4. The minimum atomic E-state index is -0.579. The van der Waals surface area contributed by atoms with E-state index in [9.17, 15) is 9.59 Å². The third kappa shape index (κ3) is 4.29. The van der Waals surface area contributed by atoms with Gasteiger partial charge in [0.15, 0.2) is 17.1 Å². The number of carbonyl (C=O) groups is 2. The number of hydrogen-bond acceptors (Lipinski definition) is 7. The Morgan fingerprint density at radius 2 is 2.08 bits per heavy atom. The molecule has 1 amide bonds. The zero-order chi connectivity index (χ0) is 18.9. The normalized spacial score (nSPS) is 15.8. The van der Waals surface area contributed by atoms with Crippen LogP contribution < -0.4 is 16.0 Å². The summed E-state index contributed by atoms with van der Waals surface area (Å²) >= 11 is 1.47. The van der Waals surface area contributed by atoms with Crippen molar-refractivity contribution in [1.29, 1.82) is 0 Å². The number of Topliss-reactive ketones (excluding diaryl/α,β-unsaturated/α-hetero) is 1. The van der Waals surface area contributed by atoms with Crippen molar-refractivity contribution in [3.63, 3.8) is 0 Å². The number of ether oxygens (including phenoxy) is 1. The van der Waals surface area contributed by atoms with Crippen molar-refractivity contribution in [2.75, 3.05) is 16.0 Å². The van der Waals surface area contributed by atoms with E-state index in [2.05, 4.69) is 26.1 Å². The summed E-state index contributed by atoms with van der Waals surface area (Å²) in [4.78, 5) is 24.2. The maximum atomic E-state index is 11.9. The molecular weight excluding hydrogens is 354 g/mol. The molecule has 1 unspecified atom stereocenters. The van der Waals surface area contributed by atoms with Crippen molar-refractivity contribution in [3.8, 4) is 0 Å². The minimum absolute atomic E-state index is 0.0117. The summed E-state index contributed by atoms with van der Waals surface area (Å²) in [5.41, 5.74) is 0.704. The number of H-pyrrole nitrogens is 1. The number of nitrogens with zero attached hydrogens (tertiary/aromatic N) is 1. The highest BCUT2D eigenvalue weighted by molar-refractivity contribution is 8.00. The number of aromatic nitrogens is 2. The molecule has 1 aromatic heterocycles. The second kappa shape index (κ2) is 6.91. The van der Waals surface area contributed by atoms with Crippen LogP contribution in [0.25, 0.3) is 0 Å². The SMILES string of the molecule is CC(=O)c1cccc(NC2Nc3n[nH]c(NC(=O)OC(C)(C)C)c3S2)c1. The van der Waals surface area contributed by atoms with Gasteiger partial charge in [-0.1, -0.05) is 23.9 Å². The quantitative estimate of drug-likeness (QED) is 0.601. The van der Waals surface area contributed by atoms with Crippen LogP contribution in [0.3, 0.4) is 0 Å². The van der Waals surface area contributed by atoms with Crippen LogP contribution in [-0.2, 0) is 4.74 Å². The molecule has 138 valence electrons. The first-order valence-electron chi connectivity index (χ1n) is 8.10. The van der Waals surface area contributed by atoms with Crippen LogP contribution in [0.1, 0.15) is 38.1 Å². The average molecular weight is 375 g/mol. The van der Waals surface area contributed by atoms with Crippen molar-refractivity contribution in [3.05, 3.63) is 29.8 Å². The number of thioether (sulfide) groups is 1. The molecule has 0 saturated heterocycles. The second-order valence-electron chi connectivity index (χ2n) is 6.83. The number of benzene rings is 1. The topological polar surface area (TPSA) is 108 Å². The highest BCUT2D eigenvalue weighted by atomic mass is 32.2. The fourth-order valence-corrected chi connectivity index (χ4v) is 3.38. The number of carbonyl (C=O) groups excluding carboxylic acids is 2. The standard InChI is InChI=1S/C17H21N5O3S/c1-9(23)10-6-5-7-11(8-10)18-15-19-13-12(26-15)14(22-21-13)20-16(24)25-17(2,3)4/h5-8,15,18H,1-4H3,(H3,19,20,21,22,24). The van der Waals surface area contributed by atoms with Crippen molar-refractivity contribution in [2.24, 2.45) is 0 Å². The Morgan fingerprint density at radius 1 is 1.31 bits per heavy atom. The molecule has 0 aliphatic carbocycles. The first kappa shape index (κ1) is 18.1. The molecule has 2 aromatic rings. The summed E-state index contributed by atoms with van der Waals surface area (Å²) in [6.07, 6.45) is -0.546. The van der Waals surface area contributed by atoms with Gasteiger partial charge in [-0.15, -0.1) is 0 Å². The first-order valence-corrected chi connectivity index (χ1v) is 8.98. The molecule has 0 spiro atoms. The van der Waals surface area contributed by atoms with E-state index >= 15 is 0 Å². The van der Waals surface area contributed by atoms with Gasteiger partial charge in [0, 0.05) is 11.3 Å². The molecule has 9 heteroatoms. The molecule has 1 aliphatic heterocycles. The van der Waals surface area contributed by atoms with Gasteiger partial charge in [0.05, 0.1) is 4.90 Å². The van der Waals surface area contributed by atoms with E-state index in [0.717, 1.165) is 10.6 Å². The predicted octanol–water partition coefficient (Wildman–Crippen LogP) is 3.87. The molecule has 2 heterocycles. The number of ketones is 1. The van der Waals surface area contributed by atoms with Gasteiger partial charge in [0.2, 0.25) is 0 Å². The van der Waals surface area contributed by atoms with Crippen molar-refractivity contribution in [1.82, 2.24) is 10.2 Å². The van der Waals surface area contributed by atoms with Gasteiger partial charge in [-0.25, -0.2) is 4.79 Å². The van der Waals surface area contributed by atoms with Crippen LogP contribution in [0.5, 0.6) is 0 Å². The summed E-state index contributed by atoms with van der Waals surface area (Å²) in [5.74, 6) is 1.13. The number of anilines is 3. The summed E-state index contributed by atoms with van der Waals surface area (Å²) in [6.45, 7) is 6.94. The summed E-state index contributed by atoms with van der Waals surface area (Å²) in [7, 11) is 0. The molecule has 4 N–H and O–H groups in total. The maximum Gasteiger partial charge on any atom is 0.413 e. The van der Waals surface area contributed by atoms with E-state index in [0.29, 0.717) is 17.2 Å². The smallest absolute Gasteiger partial charge is 0.413 e. The van der Waals surface area contributed by atoms with Gasteiger partial charge in [-0.3, -0.25) is 15.2 Å². The molecule has 8 nitrogen and oxygen atoms in total. The van der Waals surface area contributed by atoms with Crippen LogP contribution >= 0.6 is 11.8 Å². The molecule has 26 heavy (non-hydrogen) atoms. The van der Waals surface area contributed by atoms with Gasteiger partial charge >= 0.3 is 6.09 Å². The maximum absolute atomic E-state index is 11.9. The lowest BCUT2D eigenvalue weighted by atomic mass is 10.1. The zero-order valence-electron chi connectivity index (χ0n) is 15.0. The molecule has 1 atom stereocenters. The van der Waals surface area contributed by atoms with Crippen molar-refractivity contribution >= 4 is 41.0 Å². The number of rotatable bonds is 4. The van der Waals surface area contributed by atoms with Gasteiger partial charge < -0.3 is 15.4 Å². The Labute approximate surface area is 155 Å². The largest absolute Gasteiger partial charge is 0.444 e. The van der Waals surface area contributed by atoms with Crippen LogP contribution in [0.2, 0.25) is 0 Å². The molecule has 1 aromatic carbocycles. The van der Waals surface area contributed by atoms with Crippen LogP contribution in [0.4, 0.5) is 22.1 Å². The fraction of sp³-hybridized carbons (Fsp3) is 0.353. The lowest BCUT2D eigenvalue weighted by Crippen LogP contribution is -2.27. The van der Waals surface area contributed by atoms with Gasteiger partial charge in [-0.05, 0) is 39.8 Å². The number of amides is 1. The Kier molecular flexibility index (Phi) is 4.82. The molecule has 3 rings (SSSR count). The molecule has 0 saturated carbocycles.